The quantitative estimate of drug-likeness (QED) is 0.529. The summed E-state index contributed by atoms with van der Waals surface area (Å²) in [6, 6.07) is 14.7. The fraction of sp³-hybridized carbons (Fsp3) is 0.150. The smallest absolute Gasteiger partial charge is 0.321 e. The first-order chi connectivity index (χ1) is 14.3. The number of amides is 1. The Morgan fingerprint density at radius 3 is 2.37 bits per heavy atom. The molecule has 0 aliphatic rings. The van der Waals surface area contributed by atoms with E-state index in [9.17, 15) is 18.0 Å². The molecule has 1 heterocycles. The standard InChI is InChI=1S/C20H20N4O5S/c1-15(25)23-17-5-9-19(10-6-17)30(27,28)22-13-20(26)29-14-16-3-7-18(8-4-16)24-12-2-11-21-24/h2-12,22H,13-14H2,1H3,(H,23,25). The van der Waals surface area contributed by atoms with Crippen molar-refractivity contribution in [2.24, 2.45) is 0 Å². The molecule has 0 spiro atoms. The average molecular weight is 428 g/mol. The van der Waals surface area contributed by atoms with Crippen LogP contribution in [0.1, 0.15) is 12.5 Å². The molecule has 156 valence electrons. The van der Waals surface area contributed by atoms with Crippen molar-refractivity contribution in [3.63, 3.8) is 0 Å². The Morgan fingerprint density at radius 2 is 1.77 bits per heavy atom. The van der Waals surface area contributed by atoms with E-state index in [1.165, 1.54) is 31.2 Å². The van der Waals surface area contributed by atoms with Crippen molar-refractivity contribution in [1.82, 2.24) is 14.5 Å². The summed E-state index contributed by atoms with van der Waals surface area (Å²) in [5, 5.41) is 6.67. The molecule has 1 amide bonds. The second-order valence-electron chi connectivity index (χ2n) is 6.31. The Bertz CT molecular complexity index is 1110. The minimum Gasteiger partial charge on any atom is -0.460 e. The van der Waals surface area contributed by atoms with E-state index >= 15 is 0 Å². The van der Waals surface area contributed by atoms with Gasteiger partial charge in [-0.05, 0) is 48.0 Å². The molecule has 0 fully saturated rings. The molecule has 0 aliphatic heterocycles. The number of carbonyl (C=O) groups excluding carboxylic acids is 2. The Balaban J connectivity index is 1.49. The molecule has 0 radical (unpaired) electrons. The SMILES string of the molecule is CC(=O)Nc1ccc(S(=O)(=O)NCC(=O)OCc2ccc(-n3cccn3)cc2)cc1. The van der Waals surface area contributed by atoms with Crippen molar-refractivity contribution in [1.29, 1.82) is 0 Å². The molecule has 0 saturated heterocycles. The Morgan fingerprint density at radius 1 is 1.07 bits per heavy atom. The second kappa shape index (κ2) is 9.33. The van der Waals surface area contributed by atoms with Crippen LogP contribution in [0.4, 0.5) is 5.69 Å². The van der Waals surface area contributed by atoms with Gasteiger partial charge in [-0.3, -0.25) is 9.59 Å². The zero-order chi connectivity index (χ0) is 21.6. The topological polar surface area (TPSA) is 119 Å². The summed E-state index contributed by atoms with van der Waals surface area (Å²) in [5.41, 5.74) is 2.10. The number of rotatable bonds is 8. The number of hydrogen-bond donors (Lipinski definition) is 2. The van der Waals surface area contributed by atoms with Crippen LogP contribution in [0.2, 0.25) is 0 Å². The van der Waals surface area contributed by atoms with Gasteiger partial charge in [0.15, 0.2) is 0 Å². The minimum absolute atomic E-state index is 0.0192. The van der Waals surface area contributed by atoms with Gasteiger partial charge in [0.05, 0.1) is 10.6 Å². The van der Waals surface area contributed by atoms with Crippen LogP contribution in [0, 0.1) is 0 Å². The fourth-order valence-corrected chi connectivity index (χ4v) is 3.51. The highest BCUT2D eigenvalue weighted by molar-refractivity contribution is 7.89. The fourth-order valence-electron chi connectivity index (χ4n) is 2.54. The van der Waals surface area contributed by atoms with E-state index in [1.807, 2.05) is 24.4 Å². The summed E-state index contributed by atoms with van der Waals surface area (Å²) in [7, 11) is -3.89. The average Bonchev–Trinajstić information content (AvgIpc) is 3.26. The maximum absolute atomic E-state index is 12.3. The lowest BCUT2D eigenvalue weighted by atomic mass is 10.2. The van der Waals surface area contributed by atoms with E-state index in [-0.39, 0.29) is 17.4 Å². The highest BCUT2D eigenvalue weighted by Gasteiger charge is 2.16. The molecule has 0 bridgehead atoms. The van der Waals surface area contributed by atoms with Crippen LogP contribution in [0.25, 0.3) is 5.69 Å². The molecule has 1 aromatic heterocycles. The number of benzene rings is 2. The van der Waals surface area contributed by atoms with Crippen LogP contribution >= 0.6 is 0 Å². The van der Waals surface area contributed by atoms with Gasteiger partial charge in [-0.1, -0.05) is 12.1 Å². The van der Waals surface area contributed by atoms with Gasteiger partial charge in [0, 0.05) is 25.0 Å². The summed E-state index contributed by atoms with van der Waals surface area (Å²) in [6.07, 6.45) is 3.49. The summed E-state index contributed by atoms with van der Waals surface area (Å²) in [4.78, 5) is 22.9. The number of esters is 1. The van der Waals surface area contributed by atoms with Crippen LogP contribution in [0.5, 0.6) is 0 Å². The summed E-state index contributed by atoms with van der Waals surface area (Å²) >= 11 is 0. The number of nitrogens with zero attached hydrogens (tertiary/aromatic N) is 2. The van der Waals surface area contributed by atoms with Crippen molar-refractivity contribution >= 4 is 27.6 Å². The molecule has 30 heavy (non-hydrogen) atoms. The maximum Gasteiger partial charge on any atom is 0.321 e. The molecule has 2 aromatic carbocycles. The predicted octanol–water partition coefficient (Wildman–Crippen LogP) is 1.85. The predicted molar refractivity (Wildman–Crippen MR) is 109 cm³/mol. The van der Waals surface area contributed by atoms with Crippen molar-refractivity contribution in [3.8, 4) is 5.69 Å². The molecular weight excluding hydrogens is 408 g/mol. The molecule has 0 aliphatic carbocycles. The van der Waals surface area contributed by atoms with Gasteiger partial charge in [-0.15, -0.1) is 0 Å². The Kier molecular flexibility index (Phi) is 6.60. The van der Waals surface area contributed by atoms with Crippen LogP contribution in [-0.4, -0.2) is 36.6 Å². The maximum atomic E-state index is 12.3. The molecule has 2 N–H and O–H groups in total. The lowest BCUT2D eigenvalue weighted by Crippen LogP contribution is -2.30. The Labute approximate surface area is 173 Å². The van der Waals surface area contributed by atoms with Crippen LogP contribution < -0.4 is 10.0 Å². The number of hydrogen-bond acceptors (Lipinski definition) is 6. The van der Waals surface area contributed by atoms with Crippen molar-refractivity contribution < 1.29 is 22.7 Å². The van der Waals surface area contributed by atoms with Crippen molar-refractivity contribution in [2.45, 2.75) is 18.4 Å². The number of sulfonamides is 1. The van der Waals surface area contributed by atoms with E-state index in [0.717, 1.165) is 11.3 Å². The molecule has 3 rings (SSSR count). The van der Waals surface area contributed by atoms with E-state index in [0.29, 0.717) is 5.69 Å². The van der Waals surface area contributed by atoms with Gasteiger partial charge in [0.2, 0.25) is 15.9 Å². The van der Waals surface area contributed by atoms with Gasteiger partial charge in [0.1, 0.15) is 13.2 Å². The molecule has 0 atom stereocenters. The van der Waals surface area contributed by atoms with Gasteiger partial charge < -0.3 is 10.1 Å². The lowest BCUT2D eigenvalue weighted by Gasteiger charge is -2.09. The monoisotopic (exact) mass is 428 g/mol. The first-order valence-corrected chi connectivity index (χ1v) is 10.4. The zero-order valence-corrected chi connectivity index (χ0v) is 16.9. The number of aromatic nitrogens is 2. The van der Waals surface area contributed by atoms with E-state index in [1.54, 1.807) is 23.0 Å². The molecular formula is C20H20N4O5S. The first-order valence-electron chi connectivity index (χ1n) is 8.95. The highest BCUT2D eigenvalue weighted by Crippen LogP contribution is 2.14. The van der Waals surface area contributed by atoms with Gasteiger partial charge in [-0.2, -0.15) is 9.82 Å². The van der Waals surface area contributed by atoms with E-state index < -0.39 is 22.5 Å². The first kappa shape index (κ1) is 21.2. The van der Waals surface area contributed by atoms with Crippen molar-refractivity contribution in [3.05, 3.63) is 72.6 Å². The third kappa shape index (κ3) is 5.75. The molecule has 9 nitrogen and oxygen atoms in total. The van der Waals surface area contributed by atoms with Gasteiger partial charge in [0.25, 0.3) is 0 Å². The molecule has 0 saturated carbocycles. The summed E-state index contributed by atoms with van der Waals surface area (Å²) in [5.74, 6) is -0.966. The van der Waals surface area contributed by atoms with Gasteiger partial charge >= 0.3 is 5.97 Å². The largest absolute Gasteiger partial charge is 0.460 e. The molecule has 0 unspecified atom stereocenters. The normalized spacial score (nSPS) is 11.1. The minimum atomic E-state index is -3.89. The van der Waals surface area contributed by atoms with Crippen LogP contribution in [0.15, 0.2) is 71.9 Å². The third-order valence-electron chi connectivity index (χ3n) is 4.00. The summed E-state index contributed by atoms with van der Waals surface area (Å²) in [6.45, 7) is 0.873. The van der Waals surface area contributed by atoms with Gasteiger partial charge in [-0.25, -0.2) is 13.1 Å². The second-order valence-corrected chi connectivity index (χ2v) is 8.07. The van der Waals surface area contributed by atoms with Crippen molar-refractivity contribution in [2.75, 3.05) is 11.9 Å². The third-order valence-corrected chi connectivity index (χ3v) is 5.41. The molecule has 3 aromatic rings. The summed E-state index contributed by atoms with van der Waals surface area (Å²) < 4.78 is 33.6. The number of nitrogens with one attached hydrogen (secondary N) is 2. The van der Waals surface area contributed by atoms with E-state index in [4.69, 9.17) is 4.74 Å². The lowest BCUT2D eigenvalue weighted by molar-refractivity contribution is -0.143. The highest BCUT2D eigenvalue weighted by atomic mass is 32.2. The number of ether oxygens (including phenoxy) is 1. The number of anilines is 1. The number of carbonyl (C=O) groups is 2. The zero-order valence-electron chi connectivity index (χ0n) is 16.1. The van der Waals surface area contributed by atoms with Crippen LogP contribution in [-0.2, 0) is 31.0 Å². The Hall–Kier alpha value is -3.50. The molecule has 10 heteroatoms. The van der Waals surface area contributed by atoms with E-state index in [2.05, 4.69) is 15.1 Å². The van der Waals surface area contributed by atoms with Crippen LogP contribution in [0.3, 0.4) is 0 Å².